The molecule has 2 aromatic rings. The molecule has 0 saturated carbocycles. The van der Waals surface area contributed by atoms with Gasteiger partial charge >= 0.3 is 0 Å². The number of sulfone groups is 1. The van der Waals surface area contributed by atoms with Crippen molar-refractivity contribution in [2.75, 3.05) is 19.5 Å². The smallest absolute Gasteiger partial charge is 0.251 e. The Kier molecular flexibility index (Phi) is 7.38. The van der Waals surface area contributed by atoms with Gasteiger partial charge in [-0.1, -0.05) is 18.2 Å². The molecule has 1 heterocycles. The third-order valence-electron chi connectivity index (χ3n) is 4.39. The minimum atomic E-state index is -3.39. The number of halogens is 1. The van der Waals surface area contributed by atoms with Gasteiger partial charge in [0.25, 0.3) is 5.91 Å². The number of carbonyl (C=O) groups excluding carboxylic acids is 1. The number of rotatable bonds is 7. The summed E-state index contributed by atoms with van der Waals surface area (Å²) in [6.45, 7) is 2.32. The number of amides is 1. The van der Waals surface area contributed by atoms with Gasteiger partial charge in [0.15, 0.2) is 9.84 Å². The number of fused-ring (bicyclic) bond motifs is 1. The highest BCUT2D eigenvalue weighted by Crippen LogP contribution is 2.17. The van der Waals surface area contributed by atoms with Crippen LogP contribution in [-0.4, -0.2) is 33.8 Å². The van der Waals surface area contributed by atoms with Crippen LogP contribution in [0.1, 0.15) is 27.0 Å². The fourth-order valence-corrected chi connectivity index (χ4v) is 4.04. The molecule has 3 rings (SSSR count). The van der Waals surface area contributed by atoms with Crippen molar-refractivity contribution >= 4 is 28.2 Å². The average Bonchev–Trinajstić information content (AvgIpc) is 3.12. The molecular weight excluding hydrogens is 388 g/mol. The van der Waals surface area contributed by atoms with Crippen LogP contribution in [0.25, 0.3) is 0 Å². The van der Waals surface area contributed by atoms with Crippen molar-refractivity contribution in [3.8, 4) is 0 Å². The van der Waals surface area contributed by atoms with Gasteiger partial charge in [0.1, 0.15) is 0 Å². The van der Waals surface area contributed by atoms with Gasteiger partial charge in [-0.05, 0) is 41.0 Å². The van der Waals surface area contributed by atoms with Crippen LogP contribution in [0, 0.1) is 0 Å². The van der Waals surface area contributed by atoms with Gasteiger partial charge in [-0.15, -0.1) is 12.4 Å². The molecule has 0 atom stereocenters. The number of ether oxygens (including phenoxy) is 1. The van der Waals surface area contributed by atoms with Crippen LogP contribution in [0.5, 0.6) is 0 Å². The topological polar surface area (TPSA) is 84.5 Å². The Balaban J connectivity index is 0.00000261. The van der Waals surface area contributed by atoms with Gasteiger partial charge in [0.2, 0.25) is 0 Å². The zero-order valence-electron chi connectivity index (χ0n) is 15.0. The lowest BCUT2D eigenvalue weighted by atomic mass is 10.1. The molecule has 27 heavy (non-hydrogen) atoms. The zero-order chi connectivity index (χ0) is 18.6. The van der Waals surface area contributed by atoms with E-state index in [1.165, 1.54) is 42.5 Å². The molecule has 2 aromatic carbocycles. The standard InChI is InChI=1S/C19H22N2O4S.ClH/c1-25-8-9-26(23,24)18-6-4-15(5-7-18)19(22)21-11-14-2-3-16-12-20-13-17(16)10-14;/h2-7,10,20H,8-9,11-13H2,1H3,(H,21,22);1H. The summed E-state index contributed by atoms with van der Waals surface area (Å²) in [5.41, 5.74) is 4.03. The van der Waals surface area contributed by atoms with E-state index in [0.29, 0.717) is 12.1 Å². The monoisotopic (exact) mass is 410 g/mol. The van der Waals surface area contributed by atoms with Crippen LogP contribution in [0.2, 0.25) is 0 Å². The third-order valence-corrected chi connectivity index (χ3v) is 6.08. The Labute approximate surface area is 165 Å². The van der Waals surface area contributed by atoms with E-state index in [9.17, 15) is 13.2 Å². The van der Waals surface area contributed by atoms with Crippen molar-refractivity contribution in [2.24, 2.45) is 0 Å². The second-order valence-electron chi connectivity index (χ2n) is 6.23. The molecule has 2 N–H and O–H groups in total. The number of hydrogen-bond acceptors (Lipinski definition) is 5. The molecule has 0 radical (unpaired) electrons. The summed E-state index contributed by atoms with van der Waals surface area (Å²) in [7, 11) is -1.93. The molecule has 1 aliphatic heterocycles. The summed E-state index contributed by atoms with van der Waals surface area (Å²) in [5.74, 6) is -0.313. The van der Waals surface area contributed by atoms with Crippen LogP contribution in [-0.2, 0) is 34.2 Å². The fourth-order valence-electron chi connectivity index (χ4n) is 2.87. The lowest BCUT2D eigenvalue weighted by molar-refractivity contribution is 0.0951. The molecule has 8 heteroatoms. The maximum Gasteiger partial charge on any atom is 0.251 e. The van der Waals surface area contributed by atoms with Gasteiger partial charge in [-0.2, -0.15) is 0 Å². The first-order chi connectivity index (χ1) is 12.5. The van der Waals surface area contributed by atoms with Crippen molar-refractivity contribution in [2.45, 2.75) is 24.5 Å². The second-order valence-corrected chi connectivity index (χ2v) is 8.33. The van der Waals surface area contributed by atoms with Crippen LogP contribution in [0.3, 0.4) is 0 Å². The van der Waals surface area contributed by atoms with E-state index in [-0.39, 0.29) is 35.6 Å². The van der Waals surface area contributed by atoms with Crippen molar-refractivity contribution < 1.29 is 17.9 Å². The molecule has 1 amide bonds. The summed E-state index contributed by atoms with van der Waals surface area (Å²) >= 11 is 0. The Morgan fingerprint density at radius 3 is 2.52 bits per heavy atom. The first kappa shape index (κ1) is 21.4. The number of benzene rings is 2. The molecule has 0 aromatic heterocycles. The van der Waals surface area contributed by atoms with Crippen LogP contribution >= 0.6 is 12.4 Å². The summed E-state index contributed by atoms with van der Waals surface area (Å²) in [6, 6.07) is 12.2. The van der Waals surface area contributed by atoms with E-state index < -0.39 is 9.84 Å². The van der Waals surface area contributed by atoms with Crippen LogP contribution < -0.4 is 10.6 Å². The largest absolute Gasteiger partial charge is 0.384 e. The first-order valence-electron chi connectivity index (χ1n) is 8.41. The molecule has 0 bridgehead atoms. The second kappa shape index (κ2) is 9.32. The van der Waals surface area contributed by atoms with Crippen molar-refractivity contribution in [3.05, 3.63) is 64.7 Å². The fraction of sp³-hybridized carbons (Fsp3) is 0.316. The normalized spacial score (nSPS) is 12.9. The van der Waals surface area contributed by atoms with Gasteiger partial charge < -0.3 is 15.4 Å². The van der Waals surface area contributed by atoms with E-state index in [0.717, 1.165) is 18.7 Å². The van der Waals surface area contributed by atoms with Crippen LogP contribution in [0.15, 0.2) is 47.4 Å². The Bertz CT molecular complexity index is 898. The average molecular weight is 411 g/mol. The number of methoxy groups -OCH3 is 1. The Hall–Kier alpha value is -1.93. The highest BCUT2D eigenvalue weighted by Gasteiger charge is 2.15. The summed E-state index contributed by atoms with van der Waals surface area (Å²) < 4.78 is 29.0. The SMILES string of the molecule is COCCS(=O)(=O)c1ccc(C(=O)NCc2ccc3c(c2)CNC3)cc1.Cl. The summed E-state index contributed by atoms with van der Waals surface area (Å²) in [4.78, 5) is 12.5. The minimum Gasteiger partial charge on any atom is -0.384 e. The summed E-state index contributed by atoms with van der Waals surface area (Å²) in [5, 5.41) is 6.16. The molecule has 0 fully saturated rings. The molecular formula is C19H23ClN2O4S. The van der Waals surface area contributed by atoms with Gasteiger partial charge in [0, 0.05) is 32.3 Å². The lowest BCUT2D eigenvalue weighted by Gasteiger charge is -2.08. The first-order valence-corrected chi connectivity index (χ1v) is 10.1. The van der Waals surface area contributed by atoms with E-state index in [1.807, 2.05) is 6.07 Å². The maximum atomic E-state index is 12.3. The van der Waals surface area contributed by atoms with Crippen molar-refractivity contribution in [1.82, 2.24) is 10.6 Å². The van der Waals surface area contributed by atoms with E-state index in [1.54, 1.807) is 0 Å². The molecule has 0 saturated heterocycles. The Morgan fingerprint density at radius 2 is 1.81 bits per heavy atom. The maximum absolute atomic E-state index is 12.3. The van der Waals surface area contributed by atoms with E-state index in [2.05, 4.69) is 22.8 Å². The van der Waals surface area contributed by atoms with Gasteiger partial charge in [-0.25, -0.2) is 8.42 Å². The van der Waals surface area contributed by atoms with Gasteiger partial charge in [-0.3, -0.25) is 4.79 Å². The molecule has 0 aliphatic carbocycles. The molecule has 146 valence electrons. The van der Waals surface area contributed by atoms with Crippen LogP contribution in [0.4, 0.5) is 0 Å². The third kappa shape index (κ3) is 5.29. The lowest BCUT2D eigenvalue weighted by Crippen LogP contribution is -2.23. The predicted octanol–water partition coefficient (Wildman–Crippen LogP) is 2.06. The quantitative estimate of drug-likeness (QED) is 0.729. The molecule has 0 spiro atoms. The molecule has 0 unspecified atom stereocenters. The number of nitrogens with one attached hydrogen (secondary N) is 2. The number of carbonyl (C=O) groups is 1. The highest BCUT2D eigenvalue weighted by molar-refractivity contribution is 7.91. The number of hydrogen-bond donors (Lipinski definition) is 2. The van der Waals surface area contributed by atoms with Crippen molar-refractivity contribution in [3.63, 3.8) is 0 Å². The minimum absolute atomic E-state index is 0. The van der Waals surface area contributed by atoms with E-state index in [4.69, 9.17) is 4.74 Å². The highest BCUT2D eigenvalue weighted by atomic mass is 35.5. The Morgan fingerprint density at radius 1 is 1.11 bits per heavy atom. The van der Waals surface area contributed by atoms with Crippen molar-refractivity contribution in [1.29, 1.82) is 0 Å². The predicted molar refractivity (Wildman–Crippen MR) is 106 cm³/mol. The summed E-state index contributed by atoms with van der Waals surface area (Å²) in [6.07, 6.45) is 0. The van der Waals surface area contributed by atoms with Gasteiger partial charge in [0.05, 0.1) is 17.3 Å². The van der Waals surface area contributed by atoms with E-state index >= 15 is 0 Å². The molecule has 6 nitrogen and oxygen atoms in total. The zero-order valence-corrected chi connectivity index (χ0v) is 16.7. The molecule has 1 aliphatic rings.